The minimum atomic E-state index is -0.661. The Labute approximate surface area is 94.0 Å². The number of fused-ring (bicyclic) bond motifs is 1. The molecule has 1 N–H and O–H groups in total. The van der Waals surface area contributed by atoms with E-state index in [1.165, 1.54) is 0 Å². The number of hydrogen-bond donors (Lipinski definition) is 1. The van der Waals surface area contributed by atoms with E-state index in [-0.39, 0.29) is 15.9 Å². The Morgan fingerprint density at radius 3 is 2.71 bits per heavy atom. The topological polar surface area (TPSA) is 45.8 Å². The molecule has 14 heavy (non-hydrogen) atoms. The predicted molar refractivity (Wildman–Crippen MR) is 56.3 cm³/mol. The second-order valence-corrected chi connectivity index (χ2v) is 3.67. The number of rotatable bonds is 1. The summed E-state index contributed by atoms with van der Waals surface area (Å²) in [6.07, 6.45) is 1.64. The van der Waals surface area contributed by atoms with Crippen LogP contribution in [0.4, 0.5) is 0 Å². The normalized spacial score (nSPS) is 10.8. The van der Waals surface area contributed by atoms with Crippen LogP contribution in [0.2, 0.25) is 10.3 Å². The number of carbonyl (C=O) groups excluding carboxylic acids is 1. The van der Waals surface area contributed by atoms with Crippen molar-refractivity contribution in [3.8, 4) is 0 Å². The van der Waals surface area contributed by atoms with E-state index in [2.05, 4.69) is 9.97 Å². The molecule has 0 spiro atoms. The number of H-pyrrole nitrogens is 1. The fraction of sp³-hybridized carbons (Fsp3) is 0. The molecule has 2 aromatic heterocycles. The number of aromatic nitrogens is 2. The van der Waals surface area contributed by atoms with Crippen molar-refractivity contribution in [1.29, 1.82) is 0 Å². The van der Waals surface area contributed by atoms with Crippen molar-refractivity contribution >= 4 is 50.9 Å². The number of pyridine rings is 1. The van der Waals surface area contributed by atoms with Crippen LogP contribution in [0, 0.1) is 0 Å². The fourth-order valence-corrected chi connectivity index (χ4v) is 2.02. The molecule has 0 aliphatic heterocycles. The third-order valence-electron chi connectivity index (χ3n) is 1.82. The zero-order valence-corrected chi connectivity index (χ0v) is 8.91. The molecule has 2 heterocycles. The highest BCUT2D eigenvalue weighted by Gasteiger charge is 2.17. The van der Waals surface area contributed by atoms with E-state index in [9.17, 15) is 4.79 Å². The van der Waals surface area contributed by atoms with Gasteiger partial charge in [-0.15, -0.1) is 0 Å². The molecule has 3 nitrogen and oxygen atoms in total. The van der Waals surface area contributed by atoms with Crippen LogP contribution in [-0.2, 0) is 0 Å². The van der Waals surface area contributed by atoms with Crippen molar-refractivity contribution in [2.45, 2.75) is 0 Å². The van der Waals surface area contributed by atoms with Crippen molar-refractivity contribution in [3.63, 3.8) is 0 Å². The SMILES string of the molecule is O=C(Cl)c1c(Cl)nc(Cl)c2cc[nH]c12. The summed E-state index contributed by atoms with van der Waals surface area (Å²) in [5.41, 5.74) is 0.660. The van der Waals surface area contributed by atoms with Gasteiger partial charge in [-0.25, -0.2) is 4.98 Å². The Bertz CT molecular complexity index is 521. The largest absolute Gasteiger partial charge is 0.360 e. The number of hydrogen-bond acceptors (Lipinski definition) is 2. The highest BCUT2D eigenvalue weighted by molar-refractivity contribution is 6.69. The third-order valence-corrected chi connectivity index (χ3v) is 2.57. The summed E-state index contributed by atoms with van der Waals surface area (Å²) >= 11 is 16.9. The molecule has 0 aliphatic carbocycles. The second kappa shape index (κ2) is 3.42. The molecule has 2 rings (SSSR count). The Morgan fingerprint density at radius 1 is 1.36 bits per heavy atom. The third kappa shape index (κ3) is 1.38. The summed E-state index contributed by atoms with van der Waals surface area (Å²) in [5, 5.41) is 0.213. The summed E-state index contributed by atoms with van der Waals surface area (Å²) in [7, 11) is 0. The van der Waals surface area contributed by atoms with Crippen LogP contribution in [0.25, 0.3) is 10.9 Å². The molecule has 72 valence electrons. The molecule has 6 heteroatoms. The van der Waals surface area contributed by atoms with E-state index in [0.717, 1.165) is 0 Å². The van der Waals surface area contributed by atoms with E-state index in [1.54, 1.807) is 12.3 Å². The summed E-state index contributed by atoms with van der Waals surface area (Å²) < 4.78 is 0. The van der Waals surface area contributed by atoms with Gasteiger partial charge in [-0.1, -0.05) is 23.2 Å². The molecule has 0 fully saturated rings. The highest BCUT2D eigenvalue weighted by Crippen LogP contribution is 2.29. The first-order chi connectivity index (χ1) is 6.61. The van der Waals surface area contributed by atoms with Crippen LogP contribution in [0.5, 0.6) is 0 Å². The van der Waals surface area contributed by atoms with E-state index in [4.69, 9.17) is 34.8 Å². The van der Waals surface area contributed by atoms with Gasteiger partial charge in [0.25, 0.3) is 5.24 Å². The molecule has 2 aromatic rings. The number of aromatic amines is 1. The lowest BCUT2D eigenvalue weighted by Gasteiger charge is -2.01. The van der Waals surface area contributed by atoms with Crippen molar-refractivity contribution < 1.29 is 4.79 Å². The Kier molecular flexibility index (Phi) is 2.39. The summed E-state index contributed by atoms with van der Waals surface area (Å²) in [4.78, 5) is 17.7. The summed E-state index contributed by atoms with van der Waals surface area (Å²) in [5.74, 6) is 0. The molecule has 0 radical (unpaired) electrons. The van der Waals surface area contributed by atoms with Gasteiger partial charge in [-0.3, -0.25) is 4.79 Å². The zero-order valence-electron chi connectivity index (χ0n) is 6.64. The Balaban J connectivity index is 2.93. The average Bonchev–Trinajstić information content (AvgIpc) is 2.51. The van der Waals surface area contributed by atoms with Crippen LogP contribution >= 0.6 is 34.8 Å². The first kappa shape index (κ1) is 9.77. The van der Waals surface area contributed by atoms with E-state index in [1.807, 2.05) is 0 Å². The molecular weight excluding hydrogens is 246 g/mol. The van der Waals surface area contributed by atoms with Gasteiger partial charge in [-0.2, -0.15) is 0 Å². The van der Waals surface area contributed by atoms with Crippen molar-refractivity contribution in [1.82, 2.24) is 9.97 Å². The maximum Gasteiger partial charge on any atom is 0.257 e. The first-order valence-corrected chi connectivity index (χ1v) is 4.76. The minimum absolute atomic E-state index is 0.00458. The Morgan fingerprint density at radius 2 is 2.07 bits per heavy atom. The van der Waals surface area contributed by atoms with Crippen molar-refractivity contribution in [2.24, 2.45) is 0 Å². The van der Waals surface area contributed by atoms with E-state index < -0.39 is 5.24 Å². The van der Waals surface area contributed by atoms with Gasteiger partial charge in [0, 0.05) is 11.6 Å². The van der Waals surface area contributed by atoms with Gasteiger partial charge in [0.15, 0.2) is 0 Å². The number of nitrogens with one attached hydrogen (secondary N) is 1. The zero-order chi connectivity index (χ0) is 10.3. The molecule has 0 bridgehead atoms. The number of nitrogens with zero attached hydrogens (tertiary/aromatic N) is 1. The molecule has 0 unspecified atom stereocenters. The quantitative estimate of drug-likeness (QED) is 0.623. The van der Waals surface area contributed by atoms with Crippen molar-refractivity contribution in [3.05, 3.63) is 28.1 Å². The van der Waals surface area contributed by atoms with Gasteiger partial charge in [0.2, 0.25) is 0 Å². The maximum absolute atomic E-state index is 11.1. The fourth-order valence-electron chi connectivity index (χ4n) is 1.23. The van der Waals surface area contributed by atoms with Crippen molar-refractivity contribution in [2.75, 3.05) is 0 Å². The second-order valence-electron chi connectivity index (χ2n) is 2.61. The van der Waals surface area contributed by atoms with Crippen LogP contribution in [0.1, 0.15) is 10.4 Å². The van der Waals surface area contributed by atoms with Gasteiger partial charge in [0.1, 0.15) is 10.3 Å². The number of halogens is 3. The van der Waals surface area contributed by atoms with Crippen LogP contribution in [-0.4, -0.2) is 15.2 Å². The standard InChI is InChI=1S/C8H3Cl3N2O/c9-6-3-1-2-12-5(3)4(8(11)14)7(10)13-6/h1-2,12H. The monoisotopic (exact) mass is 248 g/mol. The van der Waals surface area contributed by atoms with Gasteiger partial charge in [-0.05, 0) is 17.7 Å². The minimum Gasteiger partial charge on any atom is -0.360 e. The molecule has 0 saturated carbocycles. The van der Waals surface area contributed by atoms with Gasteiger partial charge < -0.3 is 4.98 Å². The summed E-state index contributed by atoms with van der Waals surface area (Å²) in [6.45, 7) is 0. The van der Waals surface area contributed by atoms with Crippen LogP contribution < -0.4 is 0 Å². The lowest BCUT2D eigenvalue weighted by molar-refractivity contribution is 0.108. The van der Waals surface area contributed by atoms with E-state index >= 15 is 0 Å². The average molecular weight is 249 g/mol. The lowest BCUT2D eigenvalue weighted by Crippen LogP contribution is -1.95. The predicted octanol–water partition coefficient (Wildman–Crippen LogP) is 3.25. The molecule has 0 saturated heterocycles. The molecule has 0 aliphatic rings. The first-order valence-electron chi connectivity index (χ1n) is 3.63. The Hall–Kier alpha value is -0.770. The summed E-state index contributed by atoms with van der Waals surface area (Å²) in [6, 6.07) is 1.70. The molecule has 0 atom stereocenters. The lowest BCUT2D eigenvalue weighted by atomic mass is 10.2. The van der Waals surface area contributed by atoms with Crippen LogP contribution in [0.3, 0.4) is 0 Å². The van der Waals surface area contributed by atoms with Gasteiger partial charge in [0.05, 0.1) is 11.1 Å². The van der Waals surface area contributed by atoms with Gasteiger partial charge >= 0.3 is 0 Å². The number of carbonyl (C=O) groups is 1. The molecule has 0 aromatic carbocycles. The molecular formula is C8H3Cl3N2O. The molecule has 0 amide bonds. The highest BCUT2D eigenvalue weighted by atomic mass is 35.5. The smallest absolute Gasteiger partial charge is 0.257 e. The maximum atomic E-state index is 11.1. The van der Waals surface area contributed by atoms with E-state index in [0.29, 0.717) is 10.9 Å². The van der Waals surface area contributed by atoms with Crippen LogP contribution in [0.15, 0.2) is 12.3 Å².